The van der Waals surface area contributed by atoms with Crippen molar-refractivity contribution in [2.45, 2.75) is 0 Å². The van der Waals surface area contributed by atoms with Crippen LogP contribution in [0.4, 0.5) is 0 Å². The number of hydrogen-bond donors (Lipinski definition) is 0. The molecule has 56 heavy (non-hydrogen) atoms. The molecule has 0 unspecified atom stereocenters. The summed E-state index contributed by atoms with van der Waals surface area (Å²) in [5, 5.41) is 4.87. The third kappa shape index (κ3) is 5.13. The van der Waals surface area contributed by atoms with E-state index >= 15 is 0 Å². The summed E-state index contributed by atoms with van der Waals surface area (Å²) in [7, 11) is 0. The Morgan fingerprint density at radius 1 is 0.286 bits per heavy atom. The highest BCUT2D eigenvalue weighted by atomic mass is 15.0. The van der Waals surface area contributed by atoms with E-state index in [0.717, 1.165) is 50.2 Å². The molecule has 0 spiro atoms. The van der Waals surface area contributed by atoms with Gasteiger partial charge in [-0.1, -0.05) is 164 Å². The van der Waals surface area contributed by atoms with E-state index < -0.39 is 0 Å². The van der Waals surface area contributed by atoms with E-state index in [1.807, 2.05) is 60.7 Å². The highest BCUT2D eigenvalue weighted by molar-refractivity contribution is 6.17. The fourth-order valence-corrected chi connectivity index (χ4v) is 8.27. The van der Waals surface area contributed by atoms with Crippen molar-refractivity contribution in [2.24, 2.45) is 0 Å². The lowest BCUT2D eigenvalue weighted by Gasteiger charge is -2.18. The van der Waals surface area contributed by atoms with Crippen molar-refractivity contribution in [3.8, 4) is 56.7 Å². The summed E-state index contributed by atoms with van der Waals surface area (Å²) in [5.74, 6) is 1.91. The third-order valence-electron chi connectivity index (χ3n) is 10.8. The second-order valence-corrected chi connectivity index (χ2v) is 14.0. The van der Waals surface area contributed by atoms with Gasteiger partial charge in [-0.25, -0.2) is 15.0 Å². The van der Waals surface area contributed by atoms with Crippen LogP contribution in [0.1, 0.15) is 0 Å². The van der Waals surface area contributed by atoms with E-state index in [1.165, 1.54) is 32.6 Å². The summed E-state index contributed by atoms with van der Waals surface area (Å²) in [5.41, 5.74) is 11.9. The molecule has 0 N–H and O–H groups in total. The first-order valence-corrected chi connectivity index (χ1v) is 18.9. The quantitative estimate of drug-likeness (QED) is 0.172. The Balaban J connectivity index is 1.19. The second-order valence-electron chi connectivity index (χ2n) is 14.0. The van der Waals surface area contributed by atoms with Crippen molar-refractivity contribution in [1.29, 1.82) is 0 Å². The SMILES string of the molecule is c1ccc(-c2nc(-c3ccccc3)nc(-c3ccc(-c4c(-n5c6ccccc6c6ccccc65)ccc5c6ccccc6n(-c6ccccc6)c45)cc3)n2)cc1. The van der Waals surface area contributed by atoms with Crippen LogP contribution in [-0.2, 0) is 0 Å². The van der Waals surface area contributed by atoms with Crippen LogP contribution in [0.5, 0.6) is 0 Å². The molecule has 0 atom stereocenters. The summed E-state index contributed by atoms with van der Waals surface area (Å²) >= 11 is 0. The number of hydrogen-bond acceptors (Lipinski definition) is 3. The van der Waals surface area contributed by atoms with E-state index in [-0.39, 0.29) is 0 Å². The first-order chi connectivity index (χ1) is 27.8. The normalized spacial score (nSPS) is 11.6. The summed E-state index contributed by atoms with van der Waals surface area (Å²) < 4.78 is 4.86. The van der Waals surface area contributed by atoms with Gasteiger partial charge in [0.2, 0.25) is 0 Å². The third-order valence-corrected chi connectivity index (χ3v) is 10.8. The van der Waals surface area contributed by atoms with Crippen molar-refractivity contribution in [3.63, 3.8) is 0 Å². The van der Waals surface area contributed by atoms with Crippen LogP contribution in [0.15, 0.2) is 200 Å². The molecule has 0 saturated heterocycles. The molecule has 0 fully saturated rings. The molecule has 5 nitrogen and oxygen atoms in total. The molecule has 11 rings (SSSR count). The van der Waals surface area contributed by atoms with Gasteiger partial charge in [0.05, 0.1) is 27.8 Å². The number of fused-ring (bicyclic) bond motifs is 6. The van der Waals surface area contributed by atoms with E-state index in [0.29, 0.717) is 17.5 Å². The minimum absolute atomic E-state index is 0.628. The van der Waals surface area contributed by atoms with Crippen LogP contribution in [-0.4, -0.2) is 24.1 Å². The first-order valence-electron chi connectivity index (χ1n) is 18.9. The molecule has 0 aliphatic rings. The maximum Gasteiger partial charge on any atom is 0.164 e. The average molecular weight is 716 g/mol. The van der Waals surface area contributed by atoms with Crippen LogP contribution < -0.4 is 0 Å². The molecule has 3 aromatic heterocycles. The van der Waals surface area contributed by atoms with Crippen molar-refractivity contribution in [2.75, 3.05) is 0 Å². The van der Waals surface area contributed by atoms with E-state index in [9.17, 15) is 0 Å². The summed E-state index contributed by atoms with van der Waals surface area (Å²) in [6.07, 6.45) is 0. The van der Waals surface area contributed by atoms with Crippen LogP contribution >= 0.6 is 0 Å². The first kappa shape index (κ1) is 31.9. The molecule has 3 heterocycles. The molecule has 0 saturated carbocycles. The lowest BCUT2D eigenvalue weighted by atomic mass is 9.98. The van der Waals surface area contributed by atoms with Crippen molar-refractivity contribution in [1.82, 2.24) is 24.1 Å². The van der Waals surface area contributed by atoms with Gasteiger partial charge < -0.3 is 9.13 Å². The van der Waals surface area contributed by atoms with Gasteiger partial charge in [-0.2, -0.15) is 0 Å². The fourth-order valence-electron chi connectivity index (χ4n) is 8.27. The predicted octanol–water partition coefficient (Wildman–Crippen LogP) is 12.7. The number of aromatic nitrogens is 5. The molecule has 5 heteroatoms. The minimum atomic E-state index is 0.628. The zero-order valence-corrected chi connectivity index (χ0v) is 30.3. The Bertz CT molecular complexity index is 3110. The minimum Gasteiger partial charge on any atom is -0.309 e. The van der Waals surface area contributed by atoms with Crippen molar-refractivity contribution in [3.05, 3.63) is 200 Å². The van der Waals surface area contributed by atoms with Gasteiger partial charge in [-0.15, -0.1) is 0 Å². The lowest BCUT2D eigenvalue weighted by molar-refractivity contribution is 1.07. The van der Waals surface area contributed by atoms with Gasteiger partial charge >= 0.3 is 0 Å². The Morgan fingerprint density at radius 2 is 0.679 bits per heavy atom. The summed E-state index contributed by atoms with van der Waals surface area (Å²) in [4.78, 5) is 15.0. The van der Waals surface area contributed by atoms with Crippen molar-refractivity contribution < 1.29 is 0 Å². The largest absolute Gasteiger partial charge is 0.309 e. The summed E-state index contributed by atoms with van der Waals surface area (Å²) in [6, 6.07) is 70.4. The molecule has 0 aliphatic heterocycles. The fraction of sp³-hybridized carbons (Fsp3) is 0. The van der Waals surface area contributed by atoms with Crippen LogP contribution in [0.2, 0.25) is 0 Å². The molecule has 0 radical (unpaired) electrons. The number of para-hydroxylation sites is 4. The standard InChI is InChI=1S/C51H33N5/c1-4-16-35(17-5-1)49-52-50(36-18-6-2-7-19-36)54-51(53-49)37-30-28-34(29-31-37)47-46(56-44-26-14-10-22-39(44)40-23-11-15-27-45(40)56)33-32-42-41-24-12-13-25-43(41)55(48(42)47)38-20-8-3-9-21-38/h1-33H. The van der Waals surface area contributed by atoms with Gasteiger partial charge in [-0.05, 0) is 42.0 Å². The molecular formula is C51H33N5. The summed E-state index contributed by atoms with van der Waals surface area (Å²) in [6.45, 7) is 0. The molecule has 262 valence electrons. The van der Waals surface area contributed by atoms with Gasteiger partial charge in [0, 0.05) is 49.5 Å². The van der Waals surface area contributed by atoms with Crippen LogP contribution in [0.25, 0.3) is 100 Å². The number of rotatable bonds is 6. The Morgan fingerprint density at radius 3 is 1.20 bits per heavy atom. The molecule has 0 bridgehead atoms. The van der Waals surface area contributed by atoms with Crippen molar-refractivity contribution >= 4 is 43.6 Å². The monoisotopic (exact) mass is 715 g/mol. The van der Waals surface area contributed by atoms with Gasteiger partial charge in [-0.3, -0.25) is 0 Å². The molecule has 8 aromatic carbocycles. The molecule has 11 aromatic rings. The zero-order chi connectivity index (χ0) is 37.0. The van der Waals surface area contributed by atoms with E-state index in [1.54, 1.807) is 0 Å². The highest BCUT2D eigenvalue weighted by Crippen LogP contribution is 2.44. The molecule has 0 amide bonds. The number of benzene rings is 8. The molecule has 0 aliphatic carbocycles. The van der Waals surface area contributed by atoms with Gasteiger partial charge in [0.1, 0.15) is 0 Å². The lowest BCUT2D eigenvalue weighted by Crippen LogP contribution is -2.02. The van der Waals surface area contributed by atoms with E-state index in [4.69, 9.17) is 15.0 Å². The topological polar surface area (TPSA) is 48.5 Å². The maximum atomic E-state index is 5.03. The average Bonchev–Trinajstić information content (AvgIpc) is 3.80. The van der Waals surface area contributed by atoms with E-state index in [2.05, 4.69) is 149 Å². The second kappa shape index (κ2) is 13.0. The highest BCUT2D eigenvalue weighted by Gasteiger charge is 2.23. The molecular weight excluding hydrogens is 683 g/mol. The Labute approximate surface area is 323 Å². The maximum absolute atomic E-state index is 5.03. The van der Waals surface area contributed by atoms with Gasteiger partial charge in [0.15, 0.2) is 17.5 Å². The van der Waals surface area contributed by atoms with Gasteiger partial charge in [0.25, 0.3) is 0 Å². The number of nitrogens with zero attached hydrogens (tertiary/aromatic N) is 5. The van der Waals surface area contributed by atoms with Crippen LogP contribution in [0.3, 0.4) is 0 Å². The smallest absolute Gasteiger partial charge is 0.164 e. The Kier molecular flexibility index (Phi) is 7.42. The predicted molar refractivity (Wildman–Crippen MR) is 230 cm³/mol. The zero-order valence-electron chi connectivity index (χ0n) is 30.3. The van der Waals surface area contributed by atoms with Crippen LogP contribution in [0, 0.1) is 0 Å². The Hall–Kier alpha value is -7.63.